The van der Waals surface area contributed by atoms with Crippen molar-refractivity contribution < 1.29 is 69.0 Å². The number of rotatable bonds is 29. The SMILES string of the molecule is CC/C=C\C/C=C\C/C=C\C/C=C\C/C=C\CC(=O)OC(COCCCCCCCCC)COC1OC(COC2OC(CO)C(O)C(O)C2O)C(O)C(O)C1O. The first kappa shape index (κ1) is 49.8. The van der Waals surface area contributed by atoms with Gasteiger partial charge in [-0.1, -0.05) is 113 Å². The van der Waals surface area contributed by atoms with Crippen molar-refractivity contribution >= 4 is 5.97 Å². The molecule has 0 aliphatic carbocycles. The Kier molecular flexibility index (Phi) is 27.3. The zero-order valence-electron chi connectivity index (χ0n) is 33.3. The standard InChI is InChI=1S/C42H70O14/c1-3-5-7-9-11-12-13-14-15-16-17-18-19-21-23-25-34(44)54-31(28-51-26-24-22-20-10-8-6-4-2)29-52-41-40(50)38(48)36(46)33(56-41)30-53-42-39(49)37(47)35(45)32(27-43)55-42/h5,7,11-12,14-15,17-18,21,23,31-33,35-43,45-50H,3-4,6,8-10,13,16,19-20,22,24-30H2,1-2H3/b7-5-,12-11-,15-14-,18-17-,23-21-. The normalized spacial score (nSPS) is 29.4. The van der Waals surface area contributed by atoms with Gasteiger partial charge in [0.25, 0.3) is 0 Å². The van der Waals surface area contributed by atoms with Gasteiger partial charge < -0.3 is 64.2 Å². The molecule has 2 fully saturated rings. The maximum Gasteiger partial charge on any atom is 0.310 e. The van der Waals surface area contributed by atoms with Crippen molar-refractivity contribution in [3.63, 3.8) is 0 Å². The van der Waals surface area contributed by atoms with Crippen LogP contribution in [0.4, 0.5) is 0 Å². The summed E-state index contributed by atoms with van der Waals surface area (Å²) in [6, 6.07) is 0. The number of carbonyl (C=O) groups is 1. The largest absolute Gasteiger partial charge is 0.457 e. The van der Waals surface area contributed by atoms with Gasteiger partial charge in [-0.3, -0.25) is 4.79 Å². The molecular formula is C42H70O14. The molecule has 14 heteroatoms. The van der Waals surface area contributed by atoms with Crippen LogP contribution in [-0.4, -0.2) is 142 Å². The van der Waals surface area contributed by atoms with Gasteiger partial charge in [0.2, 0.25) is 0 Å². The second-order valence-electron chi connectivity index (χ2n) is 14.1. The Hall–Kier alpha value is -2.31. The van der Waals surface area contributed by atoms with E-state index < -0.39 is 86.7 Å². The van der Waals surface area contributed by atoms with Crippen LogP contribution >= 0.6 is 0 Å². The lowest BCUT2D eigenvalue weighted by molar-refractivity contribution is -0.332. The maximum absolute atomic E-state index is 12.8. The zero-order chi connectivity index (χ0) is 41.0. The fourth-order valence-electron chi connectivity index (χ4n) is 5.95. The van der Waals surface area contributed by atoms with E-state index in [1.54, 1.807) is 6.08 Å². The van der Waals surface area contributed by atoms with Gasteiger partial charge in [0.05, 0.1) is 32.8 Å². The molecule has 0 aromatic rings. The molecule has 0 spiro atoms. The fourth-order valence-corrected chi connectivity index (χ4v) is 5.95. The summed E-state index contributed by atoms with van der Waals surface area (Å²) in [5.41, 5.74) is 0. The van der Waals surface area contributed by atoms with Crippen molar-refractivity contribution in [3.05, 3.63) is 60.8 Å². The highest BCUT2D eigenvalue weighted by molar-refractivity contribution is 5.71. The Morgan fingerprint density at radius 2 is 1.09 bits per heavy atom. The third-order valence-corrected chi connectivity index (χ3v) is 9.32. The van der Waals surface area contributed by atoms with Gasteiger partial charge >= 0.3 is 5.97 Å². The molecule has 0 aromatic carbocycles. The molecule has 2 rings (SSSR count). The molecule has 0 bridgehead atoms. The fraction of sp³-hybridized carbons (Fsp3) is 0.738. The van der Waals surface area contributed by atoms with E-state index in [1.807, 2.05) is 12.2 Å². The number of unbranched alkanes of at least 4 members (excludes halogenated alkanes) is 6. The second kappa shape index (κ2) is 30.7. The van der Waals surface area contributed by atoms with Crippen LogP contribution in [0.15, 0.2) is 60.8 Å². The summed E-state index contributed by atoms with van der Waals surface area (Å²) in [6.07, 6.45) is 16.3. The molecule has 7 N–H and O–H groups in total. The van der Waals surface area contributed by atoms with Crippen LogP contribution < -0.4 is 0 Å². The molecule has 0 amide bonds. The average molecular weight is 799 g/mol. The second-order valence-corrected chi connectivity index (χ2v) is 14.1. The van der Waals surface area contributed by atoms with E-state index in [0.717, 1.165) is 44.9 Å². The number of hydrogen-bond acceptors (Lipinski definition) is 14. The highest BCUT2D eigenvalue weighted by atomic mass is 16.7. The highest BCUT2D eigenvalue weighted by Crippen LogP contribution is 2.26. The van der Waals surface area contributed by atoms with E-state index in [-0.39, 0.29) is 19.6 Å². The number of aliphatic hydroxyl groups is 7. The van der Waals surface area contributed by atoms with Crippen molar-refractivity contribution in [2.75, 3.05) is 33.0 Å². The molecule has 11 atom stereocenters. The molecule has 2 aliphatic heterocycles. The topological polar surface area (TPSA) is 214 Å². The van der Waals surface area contributed by atoms with Crippen LogP contribution in [0.5, 0.6) is 0 Å². The summed E-state index contributed by atoms with van der Waals surface area (Å²) in [6.45, 7) is 3.35. The van der Waals surface area contributed by atoms with E-state index in [2.05, 4.69) is 56.4 Å². The molecule has 322 valence electrons. The van der Waals surface area contributed by atoms with E-state index in [1.165, 1.54) is 25.7 Å². The number of esters is 1. The van der Waals surface area contributed by atoms with Gasteiger partial charge in [-0.25, -0.2) is 0 Å². The van der Waals surface area contributed by atoms with Crippen LogP contribution in [0.1, 0.15) is 97.3 Å². The lowest BCUT2D eigenvalue weighted by atomic mass is 9.98. The first-order valence-corrected chi connectivity index (χ1v) is 20.4. The summed E-state index contributed by atoms with van der Waals surface area (Å²) in [7, 11) is 0. The summed E-state index contributed by atoms with van der Waals surface area (Å²) in [5, 5.41) is 71.6. The van der Waals surface area contributed by atoms with Gasteiger partial charge in [-0.05, 0) is 38.5 Å². The summed E-state index contributed by atoms with van der Waals surface area (Å²) in [5.74, 6) is -0.508. The Labute approximate surface area is 333 Å². The smallest absolute Gasteiger partial charge is 0.310 e. The van der Waals surface area contributed by atoms with E-state index >= 15 is 0 Å². The van der Waals surface area contributed by atoms with E-state index in [0.29, 0.717) is 13.0 Å². The summed E-state index contributed by atoms with van der Waals surface area (Å²) < 4.78 is 33.8. The third kappa shape index (κ3) is 19.9. The lowest BCUT2D eigenvalue weighted by Crippen LogP contribution is -2.61. The average Bonchev–Trinajstić information content (AvgIpc) is 3.19. The Morgan fingerprint density at radius 3 is 1.66 bits per heavy atom. The quantitative estimate of drug-likeness (QED) is 0.0328. The van der Waals surface area contributed by atoms with Gasteiger partial charge in [0.1, 0.15) is 54.9 Å². The molecule has 0 saturated carbocycles. The van der Waals surface area contributed by atoms with Crippen molar-refractivity contribution in [2.45, 2.75) is 165 Å². The number of hydrogen-bond donors (Lipinski definition) is 7. The summed E-state index contributed by atoms with van der Waals surface area (Å²) in [4.78, 5) is 12.8. The molecule has 56 heavy (non-hydrogen) atoms. The minimum absolute atomic E-state index is 0.0187. The number of carbonyl (C=O) groups excluding carboxylic acids is 1. The first-order chi connectivity index (χ1) is 27.1. The third-order valence-electron chi connectivity index (χ3n) is 9.32. The Bertz CT molecular complexity index is 1160. The van der Waals surface area contributed by atoms with Gasteiger partial charge in [0.15, 0.2) is 12.6 Å². The highest BCUT2D eigenvalue weighted by Gasteiger charge is 2.47. The van der Waals surface area contributed by atoms with Crippen LogP contribution in [0.25, 0.3) is 0 Å². The predicted molar refractivity (Wildman–Crippen MR) is 210 cm³/mol. The summed E-state index contributed by atoms with van der Waals surface area (Å²) >= 11 is 0. The number of aliphatic hydroxyl groups excluding tert-OH is 7. The van der Waals surface area contributed by atoms with Crippen molar-refractivity contribution in [1.29, 1.82) is 0 Å². The van der Waals surface area contributed by atoms with Crippen LogP contribution in [0, 0.1) is 0 Å². The molecule has 11 unspecified atom stereocenters. The molecular weight excluding hydrogens is 728 g/mol. The lowest BCUT2D eigenvalue weighted by Gasteiger charge is -2.42. The molecule has 2 heterocycles. The van der Waals surface area contributed by atoms with Gasteiger partial charge in [-0.15, -0.1) is 0 Å². The van der Waals surface area contributed by atoms with E-state index in [9.17, 15) is 40.5 Å². The minimum Gasteiger partial charge on any atom is -0.457 e. The molecule has 0 radical (unpaired) electrons. The van der Waals surface area contributed by atoms with Crippen LogP contribution in [-0.2, 0) is 33.2 Å². The van der Waals surface area contributed by atoms with Crippen molar-refractivity contribution in [3.8, 4) is 0 Å². The van der Waals surface area contributed by atoms with Crippen LogP contribution in [0.2, 0.25) is 0 Å². The molecule has 2 aliphatic rings. The first-order valence-electron chi connectivity index (χ1n) is 20.4. The number of ether oxygens (including phenoxy) is 6. The van der Waals surface area contributed by atoms with Gasteiger partial charge in [-0.2, -0.15) is 0 Å². The van der Waals surface area contributed by atoms with Gasteiger partial charge in [0, 0.05) is 6.61 Å². The monoisotopic (exact) mass is 798 g/mol. The Morgan fingerprint density at radius 1 is 0.589 bits per heavy atom. The van der Waals surface area contributed by atoms with Crippen molar-refractivity contribution in [1.82, 2.24) is 0 Å². The van der Waals surface area contributed by atoms with Crippen LogP contribution in [0.3, 0.4) is 0 Å². The molecule has 2 saturated heterocycles. The Balaban J connectivity index is 1.88. The van der Waals surface area contributed by atoms with Crippen molar-refractivity contribution in [2.24, 2.45) is 0 Å². The minimum atomic E-state index is -1.72. The number of allylic oxidation sites excluding steroid dienone is 9. The zero-order valence-corrected chi connectivity index (χ0v) is 33.3. The maximum atomic E-state index is 12.8. The van der Waals surface area contributed by atoms with E-state index in [4.69, 9.17) is 28.4 Å². The molecule has 14 nitrogen and oxygen atoms in total. The predicted octanol–water partition coefficient (Wildman–Crippen LogP) is 3.45. The molecule has 0 aromatic heterocycles.